The van der Waals surface area contributed by atoms with E-state index < -0.39 is 23.6 Å². The summed E-state index contributed by atoms with van der Waals surface area (Å²) >= 11 is 0. The maximum absolute atomic E-state index is 12.5. The number of benzene rings is 2. The van der Waals surface area contributed by atoms with Crippen molar-refractivity contribution in [3.63, 3.8) is 0 Å². The molecule has 0 bridgehead atoms. The van der Waals surface area contributed by atoms with Gasteiger partial charge in [0.15, 0.2) is 29.6 Å². The molecule has 29 heavy (non-hydrogen) atoms. The Hall–Kier alpha value is -3.14. The molecular formula is C20H22N2O7. The molecule has 0 spiro atoms. The van der Waals surface area contributed by atoms with E-state index in [1.54, 1.807) is 37.2 Å². The molecule has 1 unspecified atom stereocenters. The number of Topliss-reactive ketones (excluding diaryl/α,β-unsaturated/α-hetero) is 1. The number of ketones is 1. The fourth-order valence-corrected chi connectivity index (χ4v) is 2.85. The molecule has 9 nitrogen and oxygen atoms in total. The summed E-state index contributed by atoms with van der Waals surface area (Å²) in [5.74, 6) is -0.143. The van der Waals surface area contributed by atoms with E-state index in [1.165, 1.54) is 18.2 Å². The SMILES string of the molecule is CN(C)c1ccc([NH+]([O-])O)cc1C(=O)OCC(=O)c1ccc2c(c1)OCCCO2. The summed E-state index contributed by atoms with van der Waals surface area (Å²) < 4.78 is 16.3. The summed E-state index contributed by atoms with van der Waals surface area (Å²) in [6.45, 7) is 0.553. The summed E-state index contributed by atoms with van der Waals surface area (Å²) in [7, 11) is 3.44. The van der Waals surface area contributed by atoms with Crippen LogP contribution in [-0.2, 0) is 4.74 Å². The van der Waals surface area contributed by atoms with Gasteiger partial charge in [0.25, 0.3) is 0 Å². The third kappa shape index (κ3) is 4.83. The minimum absolute atomic E-state index is 0.0447. The first-order valence-corrected chi connectivity index (χ1v) is 9.01. The minimum atomic E-state index is -1.16. The first kappa shape index (κ1) is 20.6. The van der Waals surface area contributed by atoms with Crippen LogP contribution in [0.4, 0.5) is 11.4 Å². The zero-order valence-electron chi connectivity index (χ0n) is 16.1. The van der Waals surface area contributed by atoms with Gasteiger partial charge >= 0.3 is 5.97 Å². The van der Waals surface area contributed by atoms with Crippen molar-refractivity contribution in [1.82, 2.24) is 0 Å². The van der Waals surface area contributed by atoms with Gasteiger partial charge in [0.2, 0.25) is 0 Å². The maximum atomic E-state index is 12.5. The fraction of sp³-hybridized carbons (Fsp3) is 0.300. The van der Waals surface area contributed by atoms with Crippen molar-refractivity contribution in [3.05, 3.63) is 52.7 Å². The zero-order valence-corrected chi connectivity index (χ0v) is 16.1. The topological polar surface area (TPSA) is 113 Å². The van der Waals surface area contributed by atoms with Gasteiger partial charge in [-0.2, -0.15) is 5.23 Å². The Bertz CT molecular complexity index is 912. The monoisotopic (exact) mass is 402 g/mol. The number of hydrogen-bond donors (Lipinski definition) is 2. The normalized spacial score (nSPS) is 13.9. The van der Waals surface area contributed by atoms with Gasteiger partial charge in [-0.3, -0.25) is 4.79 Å². The Morgan fingerprint density at radius 1 is 1.14 bits per heavy atom. The molecule has 0 saturated carbocycles. The maximum Gasteiger partial charge on any atom is 0.340 e. The number of nitrogens with zero attached hydrogens (tertiary/aromatic N) is 1. The number of fused-ring (bicyclic) bond motifs is 1. The third-order valence-corrected chi connectivity index (χ3v) is 4.35. The molecule has 0 fully saturated rings. The first-order chi connectivity index (χ1) is 13.9. The average Bonchev–Trinajstić information content (AvgIpc) is 2.95. The Kier molecular flexibility index (Phi) is 6.32. The van der Waals surface area contributed by atoms with Gasteiger partial charge in [0.05, 0.1) is 24.5 Å². The highest BCUT2D eigenvalue weighted by Gasteiger charge is 2.20. The minimum Gasteiger partial charge on any atom is -0.595 e. The lowest BCUT2D eigenvalue weighted by Crippen LogP contribution is -2.99. The van der Waals surface area contributed by atoms with Gasteiger partial charge in [0.1, 0.15) is 0 Å². The van der Waals surface area contributed by atoms with E-state index in [9.17, 15) is 14.8 Å². The third-order valence-electron chi connectivity index (χ3n) is 4.35. The predicted octanol–water partition coefficient (Wildman–Crippen LogP) is 1.36. The van der Waals surface area contributed by atoms with Crippen molar-refractivity contribution < 1.29 is 34.2 Å². The fourth-order valence-electron chi connectivity index (χ4n) is 2.85. The summed E-state index contributed by atoms with van der Waals surface area (Å²) in [5, 5.41) is 19.2. The highest BCUT2D eigenvalue weighted by Crippen LogP contribution is 2.30. The van der Waals surface area contributed by atoms with Crippen LogP contribution in [0.2, 0.25) is 0 Å². The molecule has 9 heteroatoms. The molecule has 1 aliphatic heterocycles. The molecule has 1 heterocycles. The van der Waals surface area contributed by atoms with E-state index in [4.69, 9.17) is 19.4 Å². The van der Waals surface area contributed by atoms with Crippen LogP contribution in [0, 0.1) is 5.21 Å². The van der Waals surface area contributed by atoms with Gasteiger partial charge in [-0.15, -0.1) is 0 Å². The highest BCUT2D eigenvalue weighted by atomic mass is 16.8. The van der Waals surface area contributed by atoms with Gasteiger partial charge < -0.3 is 24.3 Å². The van der Waals surface area contributed by atoms with Gasteiger partial charge in [0, 0.05) is 38.2 Å². The van der Waals surface area contributed by atoms with Crippen molar-refractivity contribution in [2.24, 2.45) is 0 Å². The number of anilines is 1. The van der Waals surface area contributed by atoms with E-state index in [-0.39, 0.29) is 11.3 Å². The van der Waals surface area contributed by atoms with Crippen LogP contribution in [0.15, 0.2) is 36.4 Å². The molecule has 1 atom stereocenters. The average molecular weight is 402 g/mol. The second-order valence-electron chi connectivity index (χ2n) is 6.64. The highest BCUT2D eigenvalue weighted by molar-refractivity contribution is 6.01. The van der Waals surface area contributed by atoms with E-state index in [0.717, 1.165) is 6.42 Å². The van der Waals surface area contributed by atoms with E-state index in [1.807, 2.05) is 0 Å². The quantitative estimate of drug-likeness (QED) is 0.423. The predicted molar refractivity (Wildman–Crippen MR) is 103 cm³/mol. The summed E-state index contributed by atoms with van der Waals surface area (Å²) in [5.41, 5.74) is 0.843. The second-order valence-corrected chi connectivity index (χ2v) is 6.64. The molecule has 2 aromatic rings. The van der Waals surface area contributed by atoms with Crippen molar-refractivity contribution in [2.75, 3.05) is 38.8 Å². The van der Waals surface area contributed by atoms with E-state index in [2.05, 4.69) is 0 Å². The Morgan fingerprint density at radius 2 is 1.86 bits per heavy atom. The summed E-state index contributed by atoms with van der Waals surface area (Å²) in [6.07, 6.45) is 0.749. The smallest absolute Gasteiger partial charge is 0.340 e. The largest absolute Gasteiger partial charge is 0.595 e. The number of ether oxygens (including phenoxy) is 3. The lowest BCUT2D eigenvalue weighted by atomic mass is 10.1. The zero-order chi connectivity index (χ0) is 21.0. The molecule has 3 rings (SSSR count). The van der Waals surface area contributed by atoms with Gasteiger partial charge in [-0.1, -0.05) is 0 Å². The standard InChI is InChI=1S/C20H22N2O7/c1-21(2)16-6-5-14(22(25)26)11-15(16)20(24)29-12-17(23)13-4-7-18-19(10-13)28-9-3-8-27-18/h4-7,10-11,22,25H,3,8-9,12H2,1-2H3. The number of nitrogens with one attached hydrogen (secondary N) is 1. The molecule has 0 aromatic heterocycles. The molecule has 2 aromatic carbocycles. The van der Waals surface area contributed by atoms with Gasteiger partial charge in [-0.25, -0.2) is 10.0 Å². The van der Waals surface area contributed by atoms with Crippen molar-refractivity contribution in [3.8, 4) is 11.5 Å². The Labute approximate surface area is 167 Å². The Morgan fingerprint density at radius 3 is 2.55 bits per heavy atom. The van der Waals surface area contributed by atoms with Crippen LogP contribution in [0.5, 0.6) is 11.5 Å². The summed E-state index contributed by atoms with van der Waals surface area (Å²) in [6, 6.07) is 8.95. The van der Waals surface area contributed by atoms with E-state index >= 15 is 0 Å². The molecule has 0 radical (unpaired) electrons. The van der Waals surface area contributed by atoms with Crippen LogP contribution in [0.25, 0.3) is 0 Å². The Balaban J connectivity index is 1.73. The molecule has 0 aliphatic carbocycles. The van der Waals surface area contributed by atoms with Crippen LogP contribution >= 0.6 is 0 Å². The molecule has 2 N–H and O–H groups in total. The molecule has 0 saturated heterocycles. The van der Waals surface area contributed by atoms with Crippen LogP contribution in [0.1, 0.15) is 27.1 Å². The van der Waals surface area contributed by atoms with Crippen molar-refractivity contribution >= 4 is 23.1 Å². The van der Waals surface area contributed by atoms with Crippen LogP contribution < -0.4 is 19.6 Å². The molecule has 1 aliphatic rings. The number of esters is 1. The van der Waals surface area contributed by atoms with E-state index in [0.29, 0.717) is 36.0 Å². The van der Waals surface area contributed by atoms with Crippen molar-refractivity contribution in [1.29, 1.82) is 0 Å². The van der Waals surface area contributed by atoms with Crippen molar-refractivity contribution in [2.45, 2.75) is 6.42 Å². The van der Waals surface area contributed by atoms with Crippen LogP contribution in [0.3, 0.4) is 0 Å². The molecule has 154 valence electrons. The lowest BCUT2D eigenvalue weighted by molar-refractivity contribution is -0.991. The molecule has 0 amide bonds. The number of carbonyl (C=O) groups excluding carboxylic acids is 2. The molecular weight excluding hydrogens is 380 g/mol. The lowest BCUT2D eigenvalue weighted by Gasteiger charge is -2.19. The first-order valence-electron chi connectivity index (χ1n) is 9.01. The second kappa shape index (κ2) is 8.91. The van der Waals surface area contributed by atoms with Crippen LogP contribution in [-0.4, -0.2) is 50.9 Å². The number of carbonyl (C=O) groups is 2. The number of quaternary nitrogens is 1. The number of hydrogen-bond acceptors (Lipinski definition) is 8. The summed E-state index contributed by atoms with van der Waals surface area (Å²) in [4.78, 5) is 26.6. The number of rotatable bonds is 6. The van der Waals surface area contributed by atoms with Gasteiger partial charge in [-0.05, 0) is 24.3 Å².